The summed E-state index contributed by atoms with van der Waals surface area (Å²) in [6, 6.07) is 20.3. The number of hydrogen-bond acceptors (Lipinski definition) is 4. The van der Waals surface area contributed by atoms with Gasteiger partial charge in [-0.25, -0.2) is 0 Å². The van der Waals surface area contributed by atoms with Crippen molar-refractivity contribution in [3.8, 4) is 11.5 Å². The average Bonchev–Trinajstić information content (AvgIpc) is 3.27. The first kappa shape index (κ1) is 21.2. The van der Waals surface area contributed by atoms with Crippen LogP contribution in [0.4, 0.5) is 11.4 Å². The Morgan fingerprint density at radius 2 is 1.75 bits per heavy atom. The number of benzene rings is 3. The fraction of sp³-hybridized carbons (Fsp3) is 0.154. The molecule has 1 aliphatic rings. The maximum absolute atomic E-state index is 12.9. The molecule has 0 aliphatic carbocycles. The topological polar surface area (TPSA) is 67.9 Å². The lowest BCUT2D eigenvalue weighted by atomic mass is 10.1. The number of para-hydroxylation sites is 1. The van der Waals surface area contributed by atoms with E-state index in [1.165, 1.54) is 11.6 Å². The molecule has 162 valence electrons. The van der Waals surface area contributed by atoms with Crippen molar-refractivity contribution in [1.29, 1.82) is 0 Å². The molecular formula is C26H24N2O4. The number of methoxy groups -OCH3 is 2. The highest BCUT2D eigenvalue weighted by molar-refractivity contribution is 6.08. The predicted molar refractivity (Wildman–Crippen MR) is 125 cm³/mol. The molecule has 0 unspecified atom stereocenters. The summed E-state index contributed by atoms with van der Waals surface area (Å²) >= 11 is 0. The molecule has 6 nitrogen and oxygen atoms in total. The van der Waals surface area contributed by atoms with Crippen LogP contribution in [0.5, 0.6) is 11.5 Å². The van der Waals surface area contributed by atoms with Crippen molar-refractivity contribution >= 4 is 29.3 Å². The van der Waals surface area contributed by atoms with E-state index in [0.29, 0.717) is 29.3 Å². The van der Waals surface area contributed by atoms with Crippen LogP contribution in [-0.2, 0) is 11.2 Å². The number of hydrogen-bond donors (Lipinski definition) is 1. The second-order valence-electron chi connectivity index (χ2n) is 7.34. The third-order valence-electron chi connectivity index (χ3n) is 5.39. The lowest BCUT2D eigenvalue weighted by molar-refractivity contribution is -0.111. The Balaban J connectivity index is 1.40. The SMILES string of the molecule is COc1ccc(/C=C/C(=O)Nc2ccc(C(=O)N3CCc4ccccc43)cc2)c(OC)c1. The van der Waals surface area contributed by atoms with E-state index in [1.807, 2.05) is 24.3 Å². The van der Waals surface area contributed by atoms with Crippen molar-refractivity contribution in [2.24, 2.45) is 0 Å². The number of anilines is 2. The Hall–Kier alpha value is -4.06. The van der Waals surface area contributed by atoms with E-state index in [9.17, 15) is 9.59 Å². The van der Waals surface area contributed by atoms with Crippen LogP contribution >= 0.6 is 0 Å². The molecule has 0 spiro atoms. The van der Waals surface area contributed by atoms with Gasteiger partial charge in [0.2, 0.25) is 5.91 Å². The van der Waals surface area contributed by atoms with Crippen LogP contribution in [0.3, 0.4) is 0 Å². The van der Waals surface area contributed by atoms with Crippen LogP contribution < -0.4 is 19.7 Å². The third-order valence-corrected chi connectivity index (χ3v) is 5.39. The Bertz CT molecular complexity index is 1170. The van der Waals surface area contributed by atoms with Crippen LogP contribution in [0.2, 0.25) is 0 Å². The van der Waals surface area contributed by atoms with Gasteiger partial charge in [0.1, 0.15) is 11.5 Å². The number of nitrogens with zero attached hydrogens (tertiary/aromatic N) is 1. The number of ether oxygens (including phenoxy) is 2. The Morgan fingerprint density at radius 1 is 0.969 bits per heavy atom. The smallest absolute Gasteiger partial charge is 0.258 e. The van der Waals surface area contributed by atoms with E-state index < -0.39 is 0 Å². The molecule has 6 heteroatoms. The van der Waals surface area contributed by atoms with E-state index in [4.69, 9.17) is 9.47 Å². The van der Waals surface area contributed by atoms with Crippen LogP contribution in [-0.4, -0.2) is 32.6 Å². The molecule has 3 aromatic carbocycles. The van der Waals surface area contributed by atoms with E-state index in [0.717, 1.165) is 17.7 Å². The Kier molecular flexibility index (Phi) is 6.22. The molecule has 32 heavy (non-hydrogen) atoms. The number of amides is 2. The molecule has 0 saturated heterocycles. The highest BCUT2D eigenvalue weighted by Gasteiger charge is 2.24. The minimum absolute atomic E-state index is 0.0423. The van der Waals surface area contributed by atoms with Crippen molar-refractivity contribution in [2.45, 2.75) is 6.42 Å². The van der Waals surface area contributed by atoms with Crippen molar-refractivity contribution in [3.63, 3.8) is 0 Å². The molecule has 0 saturated carbocycles. The molecule has 0 fully saturated rings. The maximum atomic E-state index is 12.9. The molecule has 1 N–H and O–H groups in total. The number of carbonyl (C=O) groups is 2. The Morgan fingerprint density at radius 3 is 2.50 bits per heavy atom. The lowest BCUT2D eigenvalue weighted by Gasteiger charge is -2.17. The molecule has 3 aromatic rings. The molecule has 0 atom stereocenters. The summed E-state index contributed by atoms with van der Waals surface area (Å²) in [7, 11) is 3.15. The summed E-state index contributed by atoms with van der Waals surface area (Å²) in [5.74, 6) is 0.963. The molecule has 2 amide bonds. The molecule has 0 bridgehead atoms. The largest absolute Gasteiger partial charge is 0.497 e. The van der Waals surface area contributed by atoms with E-state index >= 15 is 0 Å². The number of carbonyl (C=O) groups excluding carboxylic acids is 2. The van der Waals surface area contributed by atoms with E-state index in [2.05, 4.69) is 11.4 Å². The quantitative estimate of drug-likeness (QED) is 0.585. The summed E-state index contributed by atoms with van der Waals surface area (Å²) in [4.78, 5) is 27.0. The molecule has 4 rings (SSSR count). The van der Waals surface area contributed by atoms with Gasteiger partial charge in [0.25, 0.3) is 5.91 Å². The fourth-order valence-corrected chi connectivity index (χ4v) is 3.71. The molecule has 0 radical (unpaired) electrons. The zero-order valence-electron chi connectivity index (χ0n) is 18.0. The molecule has 0 aromatic heterocycles. The zero-order chi connectivity index (χ0) is 22.5. The standard InChI is InChI=1S/C26H24N2O4/c1-31-22-13-9-19(24(17-22)32-2)10-14-25(29)27-21-11-7-20(8-12-21)26(30)28-16-15-18-5-3-4-6-23(18)28/h3-14,17H,15-16H2,1-2H3,(H,27,29)/b14-10+. The number of rotatable bonds is 6. The second-order valence-corrected chi connectivity index (χ2v) is 7.34. The molecule has 1 heterocycles. The minimum atomic E-state index is -0.282. The van der Waals surface area contributed by atoms with Gasteiger partial charge >= 0.3 is 0 Å². The van der Waals surface area contributed by atoms with Gasteiger partial charge in [-0.2, -0.15) is 0 Å². The summed E-state index contributed by atoms with van der Waals surface area (Å²) in [6.07, 6.45) is 3.97. The summed E-state index contributed by atoms with van der Waals surface area (Å²) < 4.78 is 10.5. The van der Waals surface area contributed by atoms with Crippen molar-refractivity contribution in [2.75, 3.05) is 31.0 Å². The number of fused-ring (bicyclic) bond motifs is 1. The highest BCUT2D eigenvalue weighted by Crippen LogP contribution is 2.29. The van der Waals surface area contributed by atoms with Gasteiger partial charge in [-0.1, -0.05) is 18.2 Å². The lowest BCUT2D eigenvalue weighted by Crippen LogP contribution is -2.28. The van der Waals surface area contributed by atoms with Gasteiger partial charge in [-0.3, -0.25) is 9.59 Å². The van der Waals surface area contributed by atoms with Gasteiger partial charge in [0, 0.05) is 41.2 Å². The molecule has 1 aliphatic heterocycles. The predicted octanol–water partition coefficient (Wildman–Crippen LogP) is 4.56. The summed E-state index contributed by atoms with van der Waals surface area (Å²) in [5, 5.41) is 2.81. The second kappa shape index (κ2) is 9.39. The summed E-state index contributed by atoms with van der Waals surface area (Å²) in [6.45, 7) is 0.677. The zero-order valence-corrected chi connectivity index (χ0v) is 18.0. The monoisotopic (exact) mass is 428 g/mol. The normalized spacial score (nSPS) is 12.5. The van der Waals surface area contributed by atoms with Crippen LogP contribution in [0, 0.1) is 0 Å². The van der Waals surface area contributed by atoms with Gasteiger partial charge in [0.15, 0.2) is 0 Å². The van der Waals surface area contributed by atoms with Crippen molar-refractivity contribution in [1.82, 2.24) is 0 Å². The first-order valence-electron chi connectivity index (χ1n) is 10.3. The third kappa shape index (κ3) is 4.49. The van der Waals surface area contributed by atoms with Crippen LogP contribution in [0.15, 0.2) is 72.8 Å². The maximum Gasteiger partial charge on any atom is 0.258 e. The van der Waals surface area contributed by atoms with Gasteiger partial charge in [-0.05, 0) is 60.5 Å². The molecular weight excluding hydrogens is 404 g/mol. The minimum Gasteiger partial charge on any atom is -0.497 e. The van der Waals surface area contributed by atoms with E-state index in [-0.39, 0.29) is 11.8 Å². The fourth-order valence-electron chi connectivity index (χ4n) is 3.71. The Labute approximate surface area is 187 Å². The first-order valence-corrected chi connectivity index (χ1v) is 10.3. The van der Waals surface area contributed by atoms with Gasteiger partial charge in [-0.15, -0.1) is 0 Å². The van der Waals surface area contributed by atoms with E-state index in [1.54, 1.807) is 61.6 Å². The average molecular weight is 428 g/mol. The highest BCUT2D eigenvalue weighted by atomic mass is 16.5. The first-order chi connectivity index (χ1) is 15.6. The van der Waals surface area contributed by atoms with Crippen LogP contribution in [0.1, 0.15) is 21.5 Å². The van der Waals surface area contributed by atoms with Crippen LogP contribution in [0.25, 0.3) is 6.08 Å². The van der Waals surface area contributed by atoms with Gasteiger partial charge < -0.3 is 19.7 Å². The van der Waals surface area contributed by atoms with Crippen molar-refractivity contribution < 1.29 is 19.1 Å². The number of nitrogens with one attached hydrogen (secondary N) is 1. The van der Waals surface area contributed by atoms with Gasteiger partial charge in [0.05, 0.1) is 14.2 Å². The summed E-state index contributed by atoms with van der Waals surface area (Å²) in [5.41, 5.74) is 4.10. The van der Waals surface area contributed by atoms with Crippen molar-refractivity contribution in [3.05, 3.63) is 89.5 Å².